The van der Waals surface area contributed by atoms with Crippen molar-refractivity contribution < 1.29 is 14.4 Å². The molecule has 0 unspecified atom stereocenters. The molecule has 5 nitrogen and oxygen atoms in total. The minimum atomic E-state index is -0.433. The van der Waals surface area contributed by atoms with Crippen LogP contribution in [0.5, 0.6) is 0 Å². The Balaban J connectivity index is 2.96. The summed E-state index contributed by atoms with van der Waals surface area (Å²) in [6.45, 7) is 0.952. The van der Waals surface area contributed by atoms with Gasteiger partial charge in [-0.3, -0.25) is 0 Å². The first-order valence-electron chi connectivity index (χ1n) is 2.94. The molecule has 0 heterocycles. The van der Waals surface area contributed by atoms with Crippen LogP contribution in [0.1, 0.15) is 6.42 Å². The highest BCUT2D eigenvalue weighted by Crippen LogP contribution is 1.76. The van der Waals surface area contributed by atoms with Crippen LogP contribution in [0.25, 0.3) is 0 Å². The van der Waals surface area contributed by atoms with Crippen LogP contribution in [0.2, 0.25) is 0 Å². The van der Waals surface area contributed by atoms with Gasteiger partial charge in [0, 0.05) is 6.54 Å². The molecule has 3 N–H and O–H groups in total. The van der Waals surface area contributed by atoms with Crippen molar-refractivity contribution in [1.29, 1.82) is 0 Å². The Hall–Kier alpha value is -0.810. The number of hydrogen-bond donors (Lipinski definition) is 2. The summed E-state index contributed by atoms with van der Waals surface area (Å²) in [6.07, 6.45) is 0.253. The van der Waals surface area contributed by atoms with E-state index in [2.05, 4.69) is 14.9 Å². The van der Waals surface area contributed by atoms with Gasteiger partial charge in [-0.2, -0.15) is 0 Å². The molecule has 0 aromatic carbocycles. The number of rotatable bonds is 4. The maximum Gasteiger partial charge on any atom is 0.406 e. The maximum atomic E-state index is 10.4. The minimum Gasteiger partial charge on any atom is -0.453 e. The van der Waals surface area contributed by atoms with Crippen molar-refractivity contribution in [2.45, 2.75) is 6.42 Å². The first-order valence-corrected chi connectivity index (χ1v) is 2.94. The van der Waals surface area contributed by atoms with Crippen molar-refractivity contribution in [2.24, 2.45) is 5.90 Å². The molecule has 1 amide bonds. The lowest BCUT2D eigenvalue weighted by molar-refractivity contribution is 0.133. The molecular weight excluding hydrogens is 136 g/mol. The SMILES string of the molecule is COC(=O)NCCCON. The largest absolute Gasteiger partial charge is 0.453 e. The van der Waals surface area contributed by atoms with E-state index in [9.17, 15) is 4.79 Å². The molecule has 0 saturated carbocycles. The van der Waals surface area contributed by atoms with E-state index in [1.54, 1.807) is 0 Å². The average Bonchev–Trinajstić information content (AvgIpc) is 1.98. The monoisotopic (exact) mass is 148 g/mol. The van der Waals surface area contributed by atoms with Crippen LogP contribution in [-0.4, -0.2) is 26.4 Å². The Morgan fingerprint density at radius 1 is 1.70 bits per heavy atom. The number of nitrogens with one attached hydrogen (secondary N) is 1. The fraction of sp³-hybridized carbons (Fsp3) is 0.800. The highest BCUT2D eigenvalue weighted by atomic mass is 16.6. The van der Waals surface area contributed by atoms with Crippen molar-refractivity contribution in [3.05, 3.63) is 0 Å². The number of amides is 1. The number of hydrogen-bond acceptors (Lipinski definition) is 4. The molecule has 0 radical (unpaired) electrons. The van der Waals surface area contributed by atoms with E-state index in [4.69, 9.17) is 5.90 Å². The number of carbonyl (C=O) groups excluding carboxylic acids is 1. The molecule has 60 valence electrons. The zero-order chi connectivity index (χ0) is 7.82. The maximum absolute atomic E-state index is 10.4. The van der Waals surface area contributed by atoms with Crippen LogP contribution < -0.4 is 11.2 Å². The summed E-state index contributed by atoms with van der Waals surface area (Å²) in [4.78, 5) is 14.6. The Bertz CT molecular complexity index is 96.9. The van der Waals surface area contributed by atoms with Gasteiger partial charge >= 0.3 is 6.09 Å². The molecule has 0 aliphatic carbocycles. The van der Waals surface area contributed by atoms with Crippen molar-refractivity contribution in [3.63, 3.8) is 0 Å². The summed E-state index contributed by atoms with van der Waals surface area (Å²) in [7, 11) is 1.31. The van der Waals surface area contributed by atoms with Gasteiger partial charge in [0.25, 0.3) is 0 Å². The van der Waals surface area contributed by atoms with Gasteiger partial charge in [-0.1, -0.05) is 0 Å². The second-order valence-electron chi connectivity index (χ2n) is 1.64. The molecule has 0 aliphatic rings. The van der Waals surface area contributed by atoms with E-state index in [-0.39, 0.29) is 0 Å². The standard InChI is InChI=1S/C5H12N2O3/c1-9-5(8)7-3-2-4-10-6/h2-4,6H2,1H3,(H,7,8). The van der Waals surface area contributed by atoms with Gasteiger partial charge in [0.1, 0.15) is 0 Å². The fourth-order valence-corrected chi connectivity index (χ4v) is 0.418. The second kappa shape index (κ2) is 6.31. The number of carbonyl (C=O) groups is 1. The second-order valence-corrected chi connectivity index (χ2v) is 1.64. The molecule has 0 fully saturated rings. The summed E-state index contributed by atoms with van der Waals surface area (Å²) in [5.41, 5.74) is 0. The molecule has 0 aliphatic heterocycles. The quantitative estimate of drug-likeness (QED) is 0.421. The smallest absolute Gasteiger partial charge is 0.406 e. The van der Waals surface area contributed by atoms with E-state index in [1.807, 2.05) is 0 Å². The molecule has 10 heavy (non-hydrogen) atoms. The van der Waals surface area contributed by atoms with Crippen molar-refractivity contribution in [3.8, 4) is 0 Å². The van der Waals surface area contributed by atoms with Gasteiger partial charge in [0.15, 0.2) is 0 Å². The minimum absolute atomic E-state index is 0.433. The third-order valence-electron chi connectivity index (χ3n) is 0.894. The average molecular weight is 148 g/mol. The van der Waals surface area contributed by atoms with Gasteiger partial charge in [0.05, 0.1) is 13.7 Å². The van der Waals surface area contributed by atoms with Crippen LogP contribution in [0, 0.1) is 0 Å². The molecule has 0 aromatic heterocycles. The molecular formula is C5H12N2O3. The molecule has 5 heteroatoms. The first-order chi connectivity index (χ1) is 4.81. The predicted molar refractivity (Wildman–Crippen MR) is 35.2 cm³/mol. The molecule has 0 bridgehead atoms. The normalized spacial score (nSPS) is 9.00. The summed E-state index contributed by atoms with van der Waals surface area (Å²) >= 11 is 0. The topological polar surface area (TPSA) is 73.6 Å². The van der Waals surface area contributed by atoms with Crippen molar-refractivity contribution in [2.75, 3.05) is 20.3 Å². The van der Waals surface area contributed by atoms with Gasteiger partial charge in [0.2, 0.25) is 0 Å². The summed E-state index contributed by atoms with van der Waals surface area (Å²) in [6, 6.07) is 0. The van der Waals surface area contributed by atoms with Crippen molar-refractivity contribution >= 4 is 6.09 Å². The summed E-state index contributed by atoms with van der Waals surface area (Å²) in [5.74, 6) is 4.73. The van der Waals surface area contributed by atoms with Gasteiger partial charge in [-0.25, -0.2) is 10.7 Å². The van der Waals surface area contributed by atoms with Gasteiger partial charge < -0.3 is 14.9 Å². The summed E-state index contributed by atoms with van der Waals surface area (Å²) < 4.78 is 4.31. The number of ether oxygens (including phenoxy) is 1. The zero-order valence-corrected chi connectivity index (χ0v) is 5.92. The fourth-order valence-electron chi connectivity index (χ4n) is 0.418. The van der Waals surface area contributed by atoms with E-state index >= 15 is 0 Å². The lowest BCUT2D eigenvalue weighted by Gasteiger charge is -2.01. The molecule has 0 saturated heterocycles. The highest BCUT2D eigenvalue weighted by molar-refractivity contribution is 5.66. The third-order valence-corrected chi connectivity index (χ3v) is 0.894. The predicted octanol–water partition coefficient (Wildman–Crippen LogP) is -0.377. The Morgan fingerprint density at radius 3 is 2.90 bits per heavy atom. The van der Waals surface area contributed by atoms with Crippen molar-refractivity contribution in [1.82, 2.24) is 5.32 Å². The zero-order valence-electron chi connectivity index (χ0n) is 5.92. The number of nitrogens with two attached hydrogens (primary N) is 1. The van der Waals surface area contributed by atoms with Crippen LogP contribution in [-0.2, 0) is 9.57 Å². The van der Waals surface area contributed by atoms with Crippen LogP contribution in [0.4, 0.5) is 4.79 Å². The first kappa shape index (κ1) is 9.19. The van der Waals surface area contributed by atoms with Crippen LogP contribution >= 0.6 is 0 Å². The van der Waals surface area contributed by atoms with E-state index in [1.165, 1.54) is 7.11 Å². The molecule has 0 atom stereocenters. The molecule has 0 aromatic rings. The number of alkyl carbamates (subject to hydrolysis) is 1. The van der Waals surface area contributed by atoms with E-state index in [0.717, 1.165) is 0 Å². The Morgan fingerprint density at radius 2 is 2.40 bits per heavy atom. The highest BCUT2D eigenvalue weighted by Gasteiger charge is 1.94. The molecule has 0 spiro atoms. The van der Waals surface area contributed by atoms with E-state index < -0.39 is 6.09 Å². The Labute approximate surface area is 59.4 Å². The van der Waals surface area contributed by atoms with Crippen LogP contribution in [0.3, 0.4) is 0 Å². The summed E-state index contributed by atoms with van der Waals surface area (Å²) in [5, 5.41) is 2.47. The van der Waals surface area contributed by atoms with Gasteiger partial charge in [-0.15, -0.1) is 0 Å². The molecule has 0 rings (SSSR count). The van der Waals surface area contributed by atoms with Gasteiger partial charge in [-0.05, 0) is 6.42 Å². The Kier molecular flexibility index (Phi) is 5.80. The lowest BCUT2D eigenvalue weighted by atomic mass is 10.4. The lowest BCUT2D eigenvalue weighted by Crippen LogP contribution is -2.25. The van der Waals surface area contributed by atoms with Crippen LogP contribution in [0.15, 0.2) is 0 Å². The third kappa shape index (κ3) is 5.33. The van der Waals surface area contributed by atoms with E-state index in [0.29, 0.717) is 19.6 Å². The number of methoxy groups -OCH3 is 1.